The molecule has 0 atom stereocenters. The average Bonchev–Trinajstić information content (AvgIpc) is 2.61. The number of hydrogen-bond donors (Lipinski definition) is 1. The molecule has 0 spiro atoms. The van der Waals surface area contributed by atoms with E-state index in [1.165, 1.54) is 11.1 Å². The van der Waals surface area contributed by atoms with Crippen LogP contribution in [0.25, 0.3) is 0 Å². The number of anilines is 1. The predicted molar refractivity (Wildman–Crippen MR) is 101 cm³/mol. The van der Waals surface area contributed by atoms with Gasteiger partial charge in [-0.3, -0.25) is 5.43 Å². The number of benzene rings is 3. The van der Waals surface area contributed by atoms with Crippen molar-refractivity contribution in [3.63, 3.8) is 0 Å². The summed E-state index contributed by atoms with van der Waals surface area (Å²) in [6.45, 7) is 0. The molecular weight excluding hydrogens is 339 g/mol. The van der Waals surface area contributed by atoms with Gasteiger partial charge in [-0.25, -0.2) is 0 Å². The molecule has 4 heteroatoms. The second-order valence-electron chi connectivity index (χ2n) is 5.69. The monoisotopic (exact) mass is 352 g/mol. The minimum atomic E-state index is 0.506. The van der Waals surface area contributed by atoms with Crippen molar-refractivity contribution < 1.29 is 0 Å². The summed E-state index contributed by atoms with van der Waals surface area (Å²) < 4.78 is 0. The molecule has 0 radical (unpaired) electrons. The molecule has 1 aliphatic carbocycles. The van der Waals surface area contributed by atoms with Gasteiger partial charge in [-0.1, -0.05) is 71.7 Å². The van der Waals surface area contributed by atoms with E-state index in [2.05, 4.69) is 46.9 Å². The van der Waals surface area contributed by atoms with Gasteiger partial charge in [0, 0.05) is 11.1 Å². The highest BCUT2D eigenvalue weighted by atomic mass is 35.5. The molecule has 1 N–H and O–H groups in total. The largest absolute Gasteiger partial charge is 0.278 e. The highest BCUT2D eigenvalue weighted by molar-refractivity contribution is 6.42. The Kier molecular flexibility index (Phi) is 4.01. The maximum absolute atomic E-state index is 6.08. The van der Waals surface area contributed by atoms with Gasteiger partial charge < -0.3 is 0 Å². The zero-order valence-electron chi connectivity index (χ0n) is 12.8. The number of nitrogens with zero attached hydrogens (tertiary/aromatic N) is 1. The van der Waals surface area contributed by atoms with Crippen molar-refractivity contribution in [1.29, 1.82) is 0 Å². The van der Waals surface area contributed by atoms with Gasteiger partial charge in [0.1, 0.15) is 0 Å². The Bertz CT molecular complexity index is 900. The number of fused-ring (bicyclic) bond motifs is 2. The molecule has 0 saturated carbocycles. The first-order chi connectivity index (χ1) is 11.7. The molecule has 0 aromatic heterocycles. The predicted octanol–water partition coefficient (Wildman–Crippen LogP) is 5.76. The number of rotatable bonds is 2. The third-order valence-corrected chi connectivity index (χ3v) is 4.88. The van der Waals surface area contributed by atoms with E-state index in [4.69, 9.17) is 23.2 Å². The molecule has 24 heavy (non-hydrogen) atoms. The zero-order valence-corrected chi connectivity index (χ0v) is 14.3. The van der Waals surface area contributed by atoms with Crippen molar-refractivity contribution in [2.75, 3.05) is 5.43 Å². The van der Waals surface area contributed by atoms with E-state index in [1.54, 1.807) is 12.1 Å². The van der Waals surface area contributed by atoms with Crippen LogP contribution in [0.2, 0.25) is 10.0 Å². The van der Waals surface area contributed by atoms with Crippen LogP contribution in [0.4, 0.5) is 5.69 Å². The summed E-state index contributed by atoms with van der Waals surface area (Å²) in [6.07, 6.45) is 0.929. The molecule has 0 unspecified atom stereocenters. The molecule has 4 rings (SSSR count). The maximum atomic E-state index is 6.08. The lowest BCUT2D eigenvalue weighted by Crippen LogP contribution is -2.17. The molecule has 3 aromatic carbocycles. The number of nitrogens with one attached hydrogen (secondary N) is 1. The Labute approximate surface area is 150 Å². The first-order valence-corrected chi connectivity index (χ1v) is 8.43. The minimum Gasteiger partial charge on any atom is -0.278 e. The molecule has 0 fully saturated rings. The fourth-order valence-corrected chi connectivity index (χ4v) is 3.27. The first kappa shape index (κ1) is 15.3. The summed E-state index contributed by atoms with van der Waals surface area (Å²) in [6, 6.07) is 22.1. The van der Waals surface area contributed by atoms with Crippen LogP contribution in [0.5, 0.6) is 0 Å². The van der Waals surface area contributed by atoms with Crippen LogP contribution in [-0.4, -0.2) is 5.71 Å². The summed E-state index contributed by atoms with van der Waals surface area (Å²) in [4.78, 5) is 0. The first-order valence-electron chi connectivity index (χ1n) is 7.68. The summed E-state index contributed by atoms with van der Waals surface area (Å²) >= 11 is 12.0. The van der Waals surface area contributed by atoms with E-state index in [9.17, 15) is 0 Å². The average molecular weight is 353 g/mol. The molecule has 118 valence electrons. The van der Waals surface area contributed by atoms with Gasteiger partial charge >= 0.3 is 0 Å². The lowest BCUT2D eigenvalue weighted by atomic mass is 9.85. The summed E-state index contributed by atoms with van der Waals surface area (Å²) in [5.41, 5.74) is 9.73. The van der Waals surface area contributed by atoms with E-state index in [0.29, 0.717) is 10.0 Å². The maximum Gasteiger partial charge on any atom is 0.0983 e. The quantitative estimate of drug-likeness (QED) is 0.455. The summed E-state index contributed by atoms with van der Waals surface area (Å²) in [7, 11) is 0. The van der Waals surface area contributed by atoms with Crippen molar-refractivity contribution >= 4 is 34.6 Å². The van der Waals surface area contributed by atoms with Gasteiger partial charge in [-0.05, 0) is 35.7 Å². The van der Waals surface area contributed by atoms with E-state index in [0.717, 1.165) is 28.9 Å². The van der Waals surface area contributed by atoms with Crippen molar-refractivity contribution in [1.82, 2.24) is 0 Å². The van der Waals surface area contributed by atoms with Gasteiger partial charge in [-0.2, -0.15) is 5.10 Å². The second kappa shape index (κ2) is 6.31. The van der Waals surface area contributed by atoms with Crippen molar-refractivity contribution in [3.05, 3.63) is 99.0 Å². The fraction of sp³-hybridized carbons (Fsp3) is 0.0500. The molecule has 3 aromatic rings. The third kappa shape index (κ3) is 2.79. The molecule has 0 aliphatic heterocycles. The smallest absolute Gasteiger partial charge is 0.0983 e. The third-order valence-electron chi connectivity index (χ3n) is 4.14. The standard InChI is InChI=1S/C20H14Cl2N2/c21-18-10-9-15(12-19(18)22)23-24-20-16-7-3-1-5-13(16)11-14-6-2-4-8-17(14)20/h1-10,12,23H,11H2. The van der Waals surface area contributed by atoms with E-state index in [1.807, 2.05) is 18.2 Å². The Morgan fingerprint density at radius 2 is 1.38 bits per heavy atom. The van der Waals surface area contributed by atoms with E-state index in [-0.39, 0.29) is 0 Å². The molecule has 0 amide bonds. The van der Waals surface area contributed by atoms with Crippen LogP contribution in [0.1, 0.15) is 22.3 Å². The van der Waals surface area contributed by atoms with Crippen LogP contribution in [0, 0.1) is 0 Å². The Balaban J connectivity index is 1.77. The molecule has 2 nitrogen and oxygen atoms in total. The van der Waals surface area contributed by atoms with Crippen LogP contribution in [0.3, 0.4) is 0 Å². The fourth-order valence-electron chi connectivity index (χ4n) is 2.97. The van der Waals surface area contributed by atoms with Gasteiger partial charge in [0.25, 0.3) is 0 Å². The molecule has 0 bridgehead atoms. The summed E-state index contributed by atoms with van der Waals surface area (Å²) in [5, 5.41) is 5.71. The second-order valence-corrected chi connectivity index (χ2v) is 6.51. The van der Waals surface area contributed by atoms with Crippen LogP contribution >= 0.6 is 23.2 Å². The van der Waals surface area contributed by atoms with E-state index < -0.39 is 0 Å². The van der Waals surface area contributed by atoms with Crippen molar-refractivity contribution in [3.8, 4) is 0 Å². The normalized spacial score (nSPS) is 12.3. The molecular formula is C20H14Cl2N2. The molecule has 0 saturated heterocycles. The topological polar surface area (TPSA) is 24.4 Å². The Morgan fingerprint density at radius 3 is 2.00 bits per heavy atom. The lowest BCUT2D eigenvalue weighted by molar-refractivity contribution is 1.14. The number of hydrazone groups is 1. The highest BCUT2D eigenvalue weighted by Gasteiger charge is 2.20. The summed E-state index contributed by atoms with van der Waals surface area (Å²) in [5.74, 6) is 0. The van der Waals surface area contributed by atoms with Gasteiger partial charge in [0.2, 0.25) is 0 Å². The van der Waals surface area contributed by atoms with Crippen LogP contribution in [0.15, 0.2) is 71.8 Å². The van der Waals surface area contributed by atoms with Crippen molar-refractivity contribution in [2.24, 2.45) is 5.10 Å². The Morgan fingerprint density at radius 1 is 0.750 bits per heavy atom. The number of hydrogen-bond acceptors (Lipinski definition) is 2. The molecule has 0 heterocycles. The van der Waals surface area contributed by atoms with Crippen LogP contribution in [-0.2, 0) is 6.42 Å². The van der Waals surface area contributed by atoms with Crippen molar-refractivity contribution in [2.45, 2.75) is 6.42 Å². The minimum absolute atomic E-state index is 0.506. The Hall–Kier alpha value is -2.29. The van der Waals surface area contributed by atoms with Gasteiger partial charge in [-0.15, -0.1) is 0 Å². The molecule has 1 aliphatic rings. The highest BCUT2D eigenvalue weighted by Crippen LogP contribution is 2.28. The van der Waals surface area contributed by atoms with Crippen LogP contribution < -0.4 is 5.43 Å². The number of halogens is 2. The van der Waals surface area contributed by atoms with E-state index >= 15 is 0 Å². The lowest BCUT2D eigenvalue weighted by Gasteiger charge is -2.21. The SMILES string of the molecule is Clc1ccc(NN=C2c3ccccc3Cc3ccccc32)cc1Cl. The van der Waals surface area contributed by atoms with Gasteiger partial charge in [0.15, 0.2) is 0 Å². The zero-order chi connectivity index (χ0) is 16.5. The van der Waals surface area contributed by atoms with Gasteiger partial charge in [0.05, 0.1) is 21.4 Å².